The summed E-state index contributed by atoms with van der Waals surface area (Å²) < 4.78 is 32.8. The zero-order valence-electron chi connectivity index (χ0n) is 13.3. The molecular formula is C15H26N2O3S. The van der Waals surface area contributed by atoms with Gasteiger partial charge in [-0.05, 0) is 37.1 Å². The normalized spacial score (nSPS) is 13.3. The van der Waals surface area contributed by atoms with Crippen molar-refractivity contribution in [2.75, 3.05) is 20.3 Å². The molecule has 0 saturated carbocycles. The monoisotopic (exact) mass is 314 g/mol. The van der Waals surface area contributed by atoms with Crippen LogP contribution in [0, 0.1) is 6.92 Å². The molecule has 1 atom stereocenters. The molecule has 1 aromatic rings. The van der Waals surface area contributed by atoms with Gasteiger partial charge in [0.1, 0.15) is 0 Å². The zero-order chi connectivity index (χ0) is 15.9. The summed E-state index contributed by atoms with van der Waals surface area (Å²) in [5, 5.41) is 3.22. The fourth-order valence-electron chi connectivity index (χ4n) is 2.12. The topological polar surface area (TPSA) is 67.4 Å². The van der Waals surface area contributed by atoms with Crippen LogP contribution < -0.4 is 10.0 Å². The van der Waals surface area contributed by atoms with E-state index in [-0.39, 0.29) is 6.04 Å². The second-order valence-electron chi connectivity index (χ2n) is 5.00. The third-order valence-corrected chi connectivity index (χ3v) is 5.10. The van der Waals surface area contributed by atoms with E-state index in [9.17, 15) is 8.42 Å². The predicted octanol–water partition coefficient (Wildman–Crippen LogP) is 1.81. The molecule has 1 rings (SSSR count). The first kappa shape index (κ1) is 18.1. The number of hydrogen-bond donors (Lipinski definition) is 2. The van der Waals surface area contributed by atoms with Crippen molar-refractivity contribution in [1.82, 2.24) is 10.0 Å². The molecule has 120 valence electrons. The summed E-state index contributed by atoms with van der Waals surface area (Å²) in [7, 11) is -1.96. The van der Waals surface area contributed by atoms with Crippen LogP contribution in [-0.4, -0.2) is 34.7 Å². The molecule has 1 aromatic carbocycles. The zero-order valence-corrected chi connectivity index (χ0v) is 14.1. The molecule has 0 aromatic heterocycles. The van der Waals surface area contributed by atoms with Crippen LogP contribution >= 0.6 is 0 Å². The molecule has 0 aliphatic heterocycles. The molecule has 6 heteroatoms. The van der Waals surface area contributed by atoms with Crippen molar-refractivity contribution in [1.29, 1.82) is 0 Å². The third kappa shape index (κ3) is 5.07. The highest BCUT2D eigenvalue weighted by Gasteiger charge is 2.21. The maximum atomic E-state index is 12.5. The highest BCUT2D eigenvalue weighted by Crippen LogP contribution is 2.19. The fourth-order valence-corrected chi connectivity index (χ4v) is 3.71. The maximum absolute atomic E-state index is 12.5. The van der Waals surface area contributed by atoms with E-state index < -0.39 is 10.0 Å². The molecule has 0 aliphatic rings. The Hall–Kier alpha value is -0.950. The second-order valence-corrected chi connectivity index (χ2v) is 6.68. The van der Waals surface area contributed by atoms with E-state index in [1.54, 1.807) is 19.2 Å². The minimum atomic E-state index is -3.53. The molecule has 21 heavy (non-hydrogen) atoms. The Morgan fingerprint density at radius 1 is 1.29 bits per heavy atom. The van der Waals surface area contributed by atoms with E-state index in [4.69, 9.17) is 4.74 Å². The van der Waals surface area contributed by atoms with Crippen molar-refractivity contribution < 1.29 is 13.2 Å². The molecule has 2 N–H and O–H groups in total. The fraction of sp³-hybridized carbons (Fsp3) is 0.600. The number of benzene rings is 1. The summed E-state index contributed by atoms with van der Waals surface area (Å²) in [5.41, 5.74) is 1.79. The minimum Gasteiger partial charge on any atom is -0.383 e. The largest absolute Gasteiger partial charge is 0.383 e. The van der Waals surface area contributed by atoms with Crippen LogP contribution in [0.3, 0.4) is 0 Å². The van der Waals surface area contributed by atoms with E-state index in [0.717, 1.165) is 17.7 Å². The summed E-state index contributed by atoms with van der Waals surface area (Å²) in [6, 6.07) is 5.17. The van der Waals surface area contributed by atoms with Gasteiger partial charge >= 0.3 is 0 Å². The SMILES string of the molecule is CCNCc1cccc(S(=O)(=O)NC(CC)COC)c1C. The van der Waals surface area contributed by atoms with Gasteiger partial charge in [0.15, 0.2) is 0 Å². The summed E-state index contributed by atoms with van der Waals surface area (Å²) in [6.07, 6.45) is 0.684. The molecular weight excluding hydrogens is 288 g/mol. The van der Waals surface area contributed by atoms with Crippen LogP contribution in [0.5, 0.6) is 0 Å². The van der Waals surface area contributed by atoms with Crippen molar-refractivity contribution in [3.05, 3.63) is 29.3 Å². The summed E-state index contributed by atoms with van der Waals surface area (Å²) in [6.45, 7) is 7.68. The number of nitrogens with one attached hydrogen (secondary N) is 2. The van der Waals surface area contributed by atoms with Gasteiger partial charge in [-0.1, -0.05) is 26.0 Å². The standard InChI is InChI=1S/C15H26N2O3S/c1-5-14(11-20-4)17-21(18,19)15-9-7-8-13(12(15)3)10-16-6-2/h7-9,14,16-17H,5-6,10-11H2,1-4H3. The summed E-state index contributed by atoms with van der Waals surface area (Å²) in [4.78, 5) is 0.340. The van der Waals surface area contributed by atoms with Gasteiger partial charge in [0.25, 0.3) is 0 Å². The first-order chi connectivity index (χ1) is 9.96. The van der Waals surface area contributed by atoms with E-state index >= 15 is 0 Å². The van der Waals surface area contributed by atoms with Crippen LogP contribution in [0.1, 0.15) is 31.4 Å². The lowest BCUT2D eigenvalue weighted by Crippen LogP contribution is -2.37. The maximum Gasteiger partial charge on any atom is 0.241 e. The Morgan fingerprint density at radius 3 is 2.57 bits per heavy atom. The van der Waals surface area contributed by atoms with Crippen LogP contribution in [0.15, 0.2) is 23.1 Å². The predicted molar refractivity (Wildman–Crippen MR) is 84.8 cm³/mol. The Labute approximate surface area is 128 Å². The van der Waals surface area contributed by atoms with Gasteiger partial charge in [-0.25, -0.2) is 13.1 Å². The Balaban J connectivity index is 3.02. The quantitative estimate of drug-likeness (QED) is 0.729. The summed E-state index contributed by atoms with van der Waals surface area (Å²) >= 11 is 0. The number of sulfonamides is 1. The summed E-state index contributed by atoms with van der Waals surface area (Å²) in [5.74, 6) is 0. The van der Waals surface area contributed by atoms with Crippen molar-refractivity contribution in [3.8, 4) is 0 Å². The van der Waals surface area contributed by atoms with Crippen LogP contribution in [0.25, 0.3) is 0 Å². The lowest BCUT2D eigenvalue weighted by molar-refractivity contribution is 0.173. The second kappa shape index (κ2) is 8.48. The molecule has 0 saturated heterocycles. The third-order valence-electron chi connectivity index (χ3n) is 3.43. The average molecular weight is 314 g/mol. The highest BCUT2D eigenvalue weighted by atomic mass is 32.2. The van der Waals surface area contributed by atoms with Crippen LogP contribution in [-0.2, 0) is 21.3 Å². The van der Waals surface area contributed by atoms with E-state index in [2.05, 4.69) is 10.0 Å². The molecule has 5 nitrogen and oxygen atoms in total. The molecule has 0 radical (unpaired) electrons. The Bertz CT molecular complexity index is 544. The van der Waals surface area contributed by atoms with Crippen LogP contribution in [0.4, 0.5) is 0 Å². The van der Waals surface area contributed by atoms with Gasteiger partial charge in [0.05, 0.1) is 11.5 Å². The van der Waals surface area contributed by atoms with Crippen molar-refractivity contribution in [2.45, 2.75) is 44.7 Å². The van der Waals surface area contributed by atoms with Crippen molar-refractivity contribution in [3.63, 3.8) is 0 Å². The number of ether oxygens (including phenoxy) is 1. The van der Waals surface area contributed by atoms with Crippen LogP contribution in [0.2, 0.25) is 0 Å². The van der Waals surface area contributed by atoms with E-state index in [1.165, 1.54) is 0 Å². The van der Waals surface area contributed by atoms with E-state index in [1.807, 2.05) is 26.8 Å². The van der Waals surface area contributed by atoms with Gasteiger partial charge in [0.2, 0.25) is 10.0 Å². The molecule has 0 fully saturated rings. The number of rotatable bonds is 9. The molecule has 0 aliphatic carbocycles. The first-order valence-corrected chi connectivity index (χ1v) is 8.75. The van der Waals surface area contributed by atoms with Gasteiger partial charge in [-0.2, -0.15) is 0 Å². The number of methoxy groups -OCH3 is 1. The van der Waals surface area contributed by atoms with E-state index in [0.29, 0.717) is 24.5 Å². The number of hydrogen-bond acceptors (Lipinski definition) is 4. The van der Waals surface area contributed by atoms with Crippen molar-refractivity contribution >= 4 is 10.0 Å². The van der Waals surface area contributed by atoms with Crippen molar-refractivity contribution in [2.24, 2.45) is 0 Å². The smallest absolute Gasteiger partial charge is 0.241 e. The van der Waals surface area contributed by atoms with Gasteiger partial charge in [-0.15, -0.1) is 0 Å². The molecule has 1 unspecified atom stereocenters. The van der Waals surface area contributed by atoms with Gasteiger partial charge in [-0.3, -0.25) is 0 Å². The first-order valence-electron chi connectivity index (χ1n) is 7.26. The Morgan fingerprint density at radius 2 is 2.00 bits per heavy atom. The lowest BCUT2D eigenvalue weighted by Gasteiger charge is -2.18. The molecule has 0 amide bonds. The highest BCUT2D eigenvalue weighted by molar-refractivity contribution is 7.89. The van der Waals surface area contributed by atoms with Gasteiger partial charge in [0, 0.05) is 19.7 Å². The molecule has 0 heterocycles. The lowest BCUT2D eigenvalue weighted by atomic mass is 10.1. The van der Waals surface area contributed by atoms with Gasteiger partial charge < -0.3 is 10.1 Å². The Kier molecular flexibility index (Phi) is 7.31. The molecule has 0 bridgehead atoms. The molecule has 0 spiro atoms. The average Bonchev–Trinajstić information content (AvgIpc) is 2.45. The minimum absolute atomic E-state index is 0.211.